The number of nitrogens with zero attached hydrogens (tertiary/aromatic N) is 1. The number of ether oxygens (including phenoxy) is 3. The zero-order valence-corrected chi connectivity index (χ0v) is 16.4. The first-order chi connectivity index (χ1) is 13.2. The molecule has 3 N–H and O–H groups in total. The van der Waals surface area contributed by atoms with E-state index >= 15 is 0 Å². The smallest absolute Gasteiger partial charge is 0.408 e. The zero-order valence-electron chi connectivity index (χ0n) is 16.4. The molecule has 1 amide bonds. The highest BCUT2D eigenvalue weighted by atomic mass is 16.6. The number of carbonyl (C=O) groups excluding carboxylic acids is 2. The van der Waals surface area contributed by atoms with Gasteiger partial charge in [-0.15, -0.1) is 0 Å². The Labute approximate surface area is 162 Å². The normalized spacial score (nSPS) is 15.1. The maximum atomic E-state index is 12.0. The first kappa shape index (κ1) is 19.8. The fraction of sp³-hybridized carbons (Fsp3) is 0.526. The quantitative estimate of drug-likeness (QED) is 0.569. The van der Waals surface area contributed by atoms with E-state index in [1.54, 1.807) is 32.9 Å². The molecule has 1 atom stereocenters. The highest BCUT2D eigenvalue weighted by Gasteiger charge is 2.29. The number of nitrogens with one attached hydrogen (secondary N) is 1. The van der Waals surface area contributed by atoms with E-state index in [9.17, 15) is 9.59 Å². The van der Waals surface area contributed by atoms with Gasteiger partial charge < -0.3 is 29.7 Å². The summed E-state index contributed by atoms with van der Waals surface area (Å²) in [4.78, 5) is 28.4. The number of methoxy groups -OCH3 is 1. The van der Waals surface area contributed by atoms with Crippen molar-refractivity contribution in [3.8, 4) is 5.75 Å². The summed E-state index contributed by atoms with van der Waals surface area (Å²) in [5.74, 6) is 0.734. The molecule has 0 bridgehead atoms. The number of benzene rings is 1. The minimum atomic E-state index is -1.06. The van der Waals surface area contributed by atoms with Gasteiger partial charge in [-0.2, -0.15) is 0 Å². The van der Waals surface area contributed by atoms with E-state index in [1.165, 1.54) is 7.11 Å². The number of hydrogen-bond acceptors (Lipinski definition) is 8. The molecule has 1 saturated carbocycles. The number of alkyl carbamates (subject to hydrolysis) is 1. The van der Waals surface area contributed by atoms with Crippen molar-refractivity contribution in [1.29, 1.82) is 0 Å². The summed E-state index contributed by atoms with van der Waals surface area (Å²) in [6.45, 7) is 4.98. The Morgan fingerprint density at radius 3 is 2.68 bits per heavy atom. The van der Waals surface area contributed by atoms with Crippen molar-refractivity contribution < 1.29 is 28.2 Å². The molecular weight excluding hydrogens is 366 g/mol. The first-order valence-corrected chi connectivity index (χ1v) is 9.06. The molecule has 28 heavy (non-hydrogen) atoms. The van der Waals surface area contributed by atoms with Crippen molar-refractivity contribution in [2.24, 2.45) is 0 Å². The molecule has 9 nitrogen and oxygen atoms in total. The van der Waals surface area contributed by atoms with Crippen LogP contribution in [0.25, 0.3) is 11.1 Å². The highest BCUT2D eigenvalue weighted by molar-refractivity contribution is 5.82. The van der Waals surface area contributed by atoms with E-state index in [2.05, 4.69) is 10.3 Å². The number of oxazole rings is 1. The van der Waals surface area contributed by atoms with Crippen molar-refractivity contribution in [1.82, 2.24) is 10.3 Å². The van der Waals surface area contributed by atoms with Crippen molar-refractivity contribution in [2.75, 3.05) is 19.5 Å². The average molecular weight is 391 g/mol. The van der Waals surface area contributed by atoms with Gasteiger partial charge >= 0.3 is 12.1 Å². The molecule has 1 aliphatic carbocycles. The summed E-state index contributed by atoms with van der Waals surface area (Å²) in [6, 6.07) is 2.23. The molecule has 3 rings (SSSR count). The van der Waals surface area contributed by atoms with Crippen molar-refractivity contribution in [2.45, 2.75) is 51.2 Å². The van der Waals surface area contributed by atoms with E-state index < -0.39 is 23.7 Å². The number of fused-ring (bicyclic) bond motifs is 1. The summed E-state index contributed by atoms with van der Waals surface area (Å²) in [7, 11) is 1.22. The summed E-state index contributed by atoms with van der Waals surface area (Å²) in [5, 5.41) is 2.44. The molecule has 1 aromatic carbocycles. The van der Waals surface area contributed by atoms with Gasteiger partial charge in [0.25, 0.3) is 0 Å². The number of rotatable bonds is 6. The van der Waals surface area contributed by atoms with Crippen LogP contribution in [0.2, 0.25) is 0 Å². The topological polar surface area (TPSA) is 126 Å². The van der Waals surface area contributed by atoms with Gasteiger partial charge in [-0.25, -0.2) is 14.6 Å². The zero-order chi connectivity index (χ0) is 20.5. The first-order valence-electron chi connectivity index (χ1n) is 9.06. The predicted molar refractivity (Wildman–Crippen MR) is 101 cm³/mol. The standard InChI is InChI=1S/C19H25N3O6/c1-19(2,3)28-18(24)22-13(17(23)25-4)9-26-14-8-15-12(7-11(14)20)21-16(27-15)10-5-6-10/h7-8,10,13H,5-6,9,20H2,1-4H3,(H,22,24). The van der Waals surface area contributed by atoms with Gasteiger partial charge in [-0.3, -0.25) is 0 Å². The molecule has 0 radical (unpaired) electrons. The van der Waals surface area contributed by atoms with Crippen LogP contribution in [0.1, 0.15) is 45.4 Å². The monoisotopic (exact) mass is 391 g/mol. The Hall–Kier alpha value is -2.97. The van der Waals surface area contributed by atoms with Gasteiger partial charge in [0.1, 0.15) is 23.5 Å². The van der Waals surface area contributed by atoms with Gasteiger partial charge in [0.15, 0.2) is 17.5 Å². The van der Waals surface area contributed by atoms with Crippen molar-refractivity contribution >= 4 is 28.8 Å². The molecule has 0 saturated heterocycles. The maximum Gasteiger partial charge on any atom is 0.408 e. The number of nitrogen functional groups attached to an aromatic ring is 1. The van der Waals surface area contributed by atoms with Gasteiger partial charge in [-0.05, 0) is 39.7 Å². The second-order valence-corrected chi connectivity index (χ2v) is 7.72. The largest absolute Gasteiger partial charge is 0.489 e. The molecule has 0 spiro atoms. The predicted octanol–water partition coefficient (Wildman–Crippen LogP) is 2.73. The molecule has 1 aliphatic rings. The number of carbonyl (C=O) groups is 2. The lowest BCUT2D eigenvalue weighted by molar-refractivity contribution is -0.143. The van der Waals surface area contributed by atoms with Crippen molar-refractivity contribution in [3.63, 3.8) is 0 Å². The second-order valence-electron chi connectivity index (χ2n) is 7.72. The van der Waals surface area contributed by atoms with Crippen LogP contribution in [-0.4, -0.2) is 42.4 Å². The number of amides is 1. The van der Waals surface area contributed by atoms with Crippen LogP contribution in [-0.2, 0) is 14.3 Å². The van der Waals surface area contributed by atoms with Crippen LogP contribution in [0, 0.1) is 0 Å². The fourth-order valence-electron chi connectivity index (χ4n) is 2.55. The third-order valence-electron chi connectivity index (χ3n) is 4.05. The van der Waals surface area contributed by atoms with E-state index in [0.29, 0.717) is 34.3 Å². The summed E-state index contributed by atoms with van der Waals surface area (Å²) in [5.41, 5.74) is 6.89. The lowest BCUT2D eigenvalue weighted by atomic mass is 10.2. The van der Waals surface area contributed by atoms with E-state index in [-0.39, 0.29) is 6.61 Å². The summed E-state index contributed by atoms with van der Waals surface area (Å²) in [6.07, 6.45) is 1.39. The molecule has 0 aliphatic heterocycles. The van der Waals surface area contributed by atoms with E-state index in [4.69, 9.17) is 24.4 Å². The molecule has 9 heteroatoms. The summed E-state index contributed by atoms with van der Waals surface area (Å²) < 4.78 is 21.3. The fourth-order valence-corrected chi connectivity index (χ4v) is 2.55. The van der Waals surface area contributed by atoms with Crippen LogP contribution in [0.5, 0.6) is 5.75 Å². The molecule has 2 aromatic rings. The number of anilines is 1. The van der Waals surface area contributed by atoms with Crippen molar-refractivity contribution in [3.05, 3.63) is 18.0 Å². The number of hydrogen-bond donors (Lipinski definition) is 2. The third-order valence-corrected chi connectivity index (χ3v) is 4.05. The molecule has 1 unspecified atom stereocenters. The lowest BCUT2D eigenvalue weighted by Crippen LogP contribution is -2.47. The minimum absolute atomic E-state index is 0.189. The highest BCUT2D eigenvalue weighted by Crippen LogP contribution is 2.41. The molecule has 1 fully saturated rings. The lowest BCUT2D eigenvalue weighted by Gasteiger charge is -2.22. The van der Waals surface area contributed by atoms with Gasteiger partial charge in [-0.1, -0.05) is 0 Å². The Kier molecular flexibility index (Phi) is 5.35. The maximum absolute atomic E-state index is 12.0. The van der Waals surface area contributed by atoms with Crippen LogP contribution < -0.4 is 15.8 Å². The molecule has 1 heterocycles. The molecule has 1 aromatic heterocycles. The van der Waals surface area contributed by atoms with Crippen LogP contribution >= 0.6 is 0 Å². The van der Waals surface area contributed by atoms with Crippen LogP contribution in [0.4, 0.5) is 10.5 Å². The minimum Gasteiger partial charge on any atom is -0.489 e. The number of nitrogens with two attached hydrogens (primary N) is 1. The SMILES string of the molecule is COC(=O)C(COc1cc2oc(C3CC3)nc2cc1N)NC(=O)OC(C)(C)C. The third kappa shape index (κ3) is 4.85. The van der Waals surface area contributed by atoms with E-state index in [0.717, 1.165) is 12.8 Å². The number of aromatic nitrogens is 1. The summed E-state index contributed by atoms with van der Waals surface area (Å²) >= 11 is 0. The Balaban J connectivity index is 1.70. The Morgan fingerprint density at radius 1 is 1.36 bits per heavy atom. The van der Waals surface area contributed by atoms with Gasteiger partial charge in [0.05, 0.1) is 12.8 Å². The van der Waals surface area contributed by atoms with E-state index in [1.807, 2.05) is 0 Å². The average Bonchev–Trinajstić information content (AvgIpc) is 3.37. The van der Waals surface area contributed by atoms with Crippen LogP contribution in [0.3, 0.4) is 0 Å². The molecular formula is C19H25N3O6. The Morgan fingerprint density at radius 2 is 2.07 bits per heavy atom. The Bertz CT molecular complexity index is 882. The van der Waals surface area contributed by atoms with Crippen LogP contribution in [0.15, 0.2) is 16.5 Å². The van der Waals surface area contributed by atoms with Gasteiger partial charge in [0, 0.05) is 12.0 Å². The molecule has 152 valence electrons. The van der Waals surface area contributed by atoms with Gasteiger partial charge in [0.2, 0.25) is 0 Å². The number of esters is 1. The second kappa shape index (κ2) is 7.57.